The van der Waals surface area contributed by atoms with E-state index in [1.807, 2.05) is 19.9 Å². The van der Waals surface area contributed by atoms with Gasteiger partial charge in [0, 0.05) is 32.6 Å². The molecule has 0 fully saturated rings. The van der Waals surface area contributed by atoms with E-state index in [0.29, 0.717) is 24.5 Å². The lowest BCUT2D eigenvalue weighted by Crippen LogP contribution is -2.50. The van der Waals surface area contributed by atoms with Crippen LogP contribution < -0.4 is 4.74 Å². The van der Waals surface area contributed by atoms with Crippen LogP contribution in [0.15, 0.2) is 18.3 Å². The van der Waals surface area contributed by atoms with Crippen molar-refractivity contribution in [1.29, 1.82) is 0 Å². The molecule has 1 aliphatic heterocycles. The lowest BCUT2D eigenvalue weighted by atomic mass is 9.99. The Morgan fingerprint density at radius 3 is 2.86 bits per heavy atom. The Morgan fingerprint density at radius 1 is 1.48 bits per heavy atom. The summed E-state index contributed by atoms with van der Waals surface area (Å²) in [5.74, 6) is 0.0267. The van der Waals surface area contributed by atoms with Gasteiger partial charge in [0.15, 0.2) is 0 Å². The topological polar surface area (TPSA) is 83.0 Å². The molecule has 0 unspecified atom stereocenters. The molecule has 2 heterocycles. The van der Waals surface area contributed by atoms with Gasteiger partial charge in [0.1, 0.15) is 11.7 Å². The van der Waals surface area contributed by atoms with E-state index in [2.05, 4.69) is 11.1 Å². The number of aliphatic hydroxyl groups excluding tert-OH is 1. The number of carbonyl (C=O) groups is 2. The van der Waals surface area contributed by atoms with Crippen LogP contribution in [0.4, 0.5) is 0 Å². The molecule has 3 rings (SSSR count). The fourth-order valence-electron chi connectivity index (χ4n) is 3.83. The zero-order chi connectivity index (χ0) is 21.1. The highest BCUT2D eigenvalue weighted by Gasteiger charge is 2.34. The minimum absolute atomic E-state index is 0.0399. The molecule has 0 saturated carbocycles. The van der Waals surface area contributed by atoms with E-state index >= 15 is 0 Å². The molecule has 1 aromatic heterocycles. The summed E-state index contributed by atoms with van der Waals surface area (Å²) in [6.07, 6.45) is 6.78. The monoisotopic (exact) mass is 401 g/mol. The van der Waals surface area contributed by atoms with Crippen molar-refractivity contribution in [2.24, 2.45) is 5.92 Å². The van der Waals surface area contributed by atoms with E-state index in [9.17, 15) is 14.7 Å². The van der Waals surface area contributed by atoms with Crippen LogP contribution in [-0.4, -0.2) is 70.6 Å². The van der Waals surface area contributed by atoms with Crippen LogP contribution in [0.1, 0.15) is 56.0 Å². The Hall–Kier alpha value is -2.41. The van der Waals surface area contributed by atoms with Crippen molar-refractivity contribution in [3.63, 3.8) is 0 Å². The summed E-state index contributed by atoms with van der Waals surface area (Å²) in [4.78, 5) is 32.9. The fraction of sp³-hybridized carbons (Fsp3) is 0.591. The summed E-state index contributed by atoms with van der Waals surface area (Å²) in [6.45, 7) is 6.06. The van der Waals surface area contributed by atoms with Gasteiger partial charge in [-0.1, -0.05) is 13.0 Å². The summed E-state index contributed by atoms with van der Waals surface area (Å²) in [5.41, 5.74) is 2.57. The molecule has 7 heteroatoms. The van der Waals surface area contributed by atoms with E-state index in [-0.39, 0.29) is 36.5 Å². The number of nitrogens with zero attached hydrogens (tertiary/aromatic N) is 3. The number of amides is 2. The van der Waals surface area contributed by atoms with Crippen molar-refractivity contribution in [2.75, 3.05) is 26.7 Å². The van der Waals surface area contributed by atoms with Gasteiger partial charge in [-0.05, 0) is 43.4 Å². The number of rotatable bonds is 5. The fourth-order valence-corrected chi connectivity index (χ4v) is 3.83. The minimum Gasteiger partial charge on any atom is -0.472 e. The molecular weight excluding hydrogens is 370 g/mol. The standard InChI is InChI=1S/C22H31N3O4/c1-14-11-25(15(2)13-26)22(28)19-9-18(17-7-5-6-8-17)10-23-21(19)29-20(14)12-24(4)16(3)27/h7,9-10,14-15,20,26H,5-6,8,11-13H2,1-4H3/t14-,15-,20-/m0/s1. The van der Waals surface area contributed by atoms with E-state index in [1.165, 1.54) is 12.5 Å². The van der Waals surface area contributed by atoms with Crippen molar-refractivity contribution in [3.8, 4) is 5.88 Å². The van der Waals surface area contributed by atoms with Crippen molar-refractivity contribution < 1.29 is 19.4 Å². The van der Waals surface area contributed by atoms with Gasteiger partial charge in [0.25, 0.3) is 5.91 Å². The Balaban J connectivity index is 2.01. The lowest BCUT2D eigenvalue weighted by Gasteiger charge is -2.37. The summed E-state index contributed by atoms with van der Waals surface area (Å²) >= 11 is 0. The van der Waals surface area contributed by atoms with Crippen LogP contribution in [-0.2, 0) is 4.79 Å². The smallest absolute Gasteiger partial charge is 0.259 e. The third-order valence-electron chi connectivity index (χ3n) is 5.92. The van der Waals surface area contributed by atoms with Crippen molar-refractivity contribution in [3.05, 3.63) is 29.5 Å². The number of carbonyl (C=O) groups excluding carboxylic acids is 2. The van der Waals surface area contributed by atoms with Crippen LogP contribution in [0.25, 0.3) is 5.57 Å². The van der Waals surface area contributed by atoms with Crippen LogP contribution in [0.2, 0.25) is 0 Å². The molecule has 0 saturated heterocycles. The first-order chi connectivity index (χ1) is 13.8. The van der Waals surface area contributed by atoms with Gasteiger partial charge < -0.3 is 19.6 Å². The number of ether oxygens (including phenoxy) is 1. The maximum absolute atomic E-state index is 13.4. The molecular formula is C22H31N3O4. The molecule has 0 spiro atoms. The summed E-state index contributed by atoms with van der Waals surface area (Å²) < 4.78 is 6.19. The van der Waals surface area contributed by atoms with Crippen LogP contribution in [0.3, 0.4) is 0 Å². The van der Waals surface area contributed by atoms with Crippen LogP contribution in [0, 0.1) is 5.92 Å². The number of likely N-dealkylation sites (N-methyl/N-ethyl adjacent to an activating group) is 1. The number of hydrogen-bond acceptors (Lipinski definition) is 5. The Morgan fingerprint density at radius 2 is 2.24 bits per heavy atom. The molecule has 158 valence electrons. The summed E-state index contributed by atoms with van der Waals surface area (Å²) in [5, 5.41) is 9.71. The Labute approximate surface area is 172 Å². The van der Waals surface area contributed by atoms with Gasteiger partial charge in [-0.15, -0.1) is 0 Å². The summed E-state index contributed by atoms with van der Waals surface area (Å²) in [6, 6.07) is 1.54. The number of aliphatic hydroxyl groups is 1. The van der Waals surface area contributed by atoms with Gasteiger partial charge in [-0.3, -0.25) is 9.59 Å². The minimum atomic E-state index is -0.323. The second-order valence-corrected chi connectivity index (χ2v) is 8.22. The second-order valence-electron chi connectivity index (χ2n) is 8.22. The molecule has 1 aliphatic carbocycles. The quantitative estimate of drug-likeness (QED) is 0.819. The molecule has 1 aromatic rings. The van der Waals surface area contributed by atoms with E-state index < -0.39 is 0 Å². The van der Waals surface area contributed by atoms with Crippen molar-refractivity contribution in [1.82, 2.24) is 14.8 Å². The molecule has 2 aliphatic rings. The maximum atomic E-state index is 13.4. The predicted molar refractivity (Wildman–Crippen MR) is 111 cm³/mol. The molecule has 1 N–H and O–H groups in total. The first-order valence-corrected chi connectivity index (χ1v) is 10.3. The van der Waals surface area contributed by atoms with Gasteiger partial charge in [0.05, 0.1) is 19.2 Å². The Bertz CT molecular complexity index is 807. The number of pyridine rings is 1. The summed E-state index contributed by atoms with van der Waals surface area (Å²) in [7, 11) is 1.74. The first kappa shape index (κ1) is 21.3. The van der Waals surface area contributed by atoms with Crippen LogP contribution in [0.5, 0.6) is 5.88 Å². The Kier molecular flexibility index (Phi) is 6.57. The maximum Gasteiger partial charge on any atom is 0.259 e. The SMILES string of the molecule is CC(=O)N(C)C[C@@H]1Oc2ncc(C3=CCCC3)cc2C(=O)N([C@@H](C)CO)C[C@@H]1C. The van der Waals surface area contributed by atoms with Crippen LogP contribution >= 0.6 is 0 Å². The highest BCUT2D eigenvalue weighted by atomic mass is 16.5. The molecule has 0 radical (unpaired) electrons. The highest BCUT2D eigenvalue weighted by molar-refractivity contribution is 5.97. The lowest BCUT2D eigenvalue weighted by molar-refractivity contribution is -0.129. The first-order valence-electron chi connectivity index (χ1n) is 10.3. The molecule has 7 nitrogen and oxygen atoms in total. The molecule has 3 atom stereocenters. The third kappa shape index (κ3) is 4.61. The molecule has 0 aromatic carbocycles. The molecule has 2 amide bonds. The number of fused-ring (bicyclic) bond motifs is 1. The van der Waals surface area contributed by atoms with E-state index in [0.717, 1.165) is 24.8 Å². The number of hydrogen-bond donors (Lipinski definition) is 1. The van der Waals surface area contributed by atoms with Crippen molar-refractivity contribution >= 4 is 17.4 Å². The number of allylic oxidation sites excluding steroid dienone is 2. The molecule has 0 bridgehead atoms. The van der Waals surface area contributed by atoms with Gasteiger partial charge in [-0.2, -0.15) is 0 Å². The van der Waals surface area contributed by atoms with Gasteiger partial charge >= 0.3 is 0 Å². The third-order valence-corrected chi connectivity index (χ3v) is 5.92. The predicted octanol–water partition coefficient (Wildman–Crippen LogP) is 2.35. The number of aromatic nitrogens is 1. The highest BCUT2D eigenvalue weighted by Crippen LogP contribution is 2.32. The molecule has 29 heavy (non-hydrogen) atoms. The zero-order valence-corrected chi connectivity index (χ0v) is 17.7. The van der Waals surface area contributed by atoms with E-state index in [4.69, 9.17) is 4.74 Å². The average Bonchev–Trinajstić information content (AvgIpc) is 3.24. The van der Waals surface area contributed by atoms with Crippen molar-refractivity contribution in [2.45, 2.75) is 52.2 Å². The zero-order valence-electron chi connectivity index (χ0n) is 17.7. The van der Waals surface area contributed by atoms with Gasteiger partial charge in [0.2, 0.25) is 11.8 Å². The average molecular weight is 402 g/mol. The van der Waals surface area contributed by atoms with E-state index in [1.54, 1.807) is 23.0 Å². The largest absolute Gasteiger partial charge is 0.472 e. The normalized spacial score (nSPS) is 22.9. The van der Waals surface area contributed by atoms with Gasteiger partial charge in [-0.25, -0.2) is 4.98 Å². The second kappa shape index (κ2) is 8.95.